The number of guanidine groups is 1. The van der Waals surface area contributed by atoms with Gasteiger partial charge >= 0.3 is 0 Å². The molecule has 0 spiro atoms. The molecule has 1 saturated heterocycles. The molecule has 1 aliphatic rings. The van der Waals surface area contributed by atoms with Crippen LogP contribution in [0.15, 0.2) is 45.3 Å². The fourth-order valence-corrected chi connectivity index (χ4v) is 4.11. The van der Waals surface area contributed by atoms with Crippen LogP contribution < -0.4 is 15.5 Å². The fraction of sp³-hybridized carbons (Fsp3) is 0.526. The molecule has 2 aromatic heterocycles. The summed E-state index contributed by atoms with van der Waals surface area (Å²) in [6.07, 6.45) is 6.99. The van der Waals surface area contributed by atoms with Crippen LogP contribution in [0.5, 0.6) is 0 Å². The van der Waals surface area contributed by atoms with E-state index in [4.69, 9.17) is 9.41 Å². The Morgan fingerprint density at radius 1 is 1.33 bits per heavy atom. The Hall–Kier alpha value is -0.870. The SMILES string of the molecule is CSCCN=C(NCCc1ccco1)NC1CCN(c2cccs2)CC1.I. The molecule has 2 aromatic rings. The second-order valence-electron chi connectivity index (χ2n) is 6.34. The number of nitrogens with zero attached hydrogens (tertiary/aromatic N) is 2. The van der Waals surface area contributed by atoms with Gasteiger partial charge < -0.3 is 20.0 Å². The molecule has 150 valence electrons. The molecule has 1 fully saturated rings. The van der Waals surface area contributed by atoms with Crippen molar-refractivity contribution in [2.24, 2.45) is 4.99 Å². The normalized spacial score (nSPS) is 15.4. The van der Waals surface area contributed by atoms with E-state index in [0.717, 1.165) is 62.9 Å². The molecule has 8 heteroatoms. The van der Waals surface area contributed by atoms with Gasteiger partial charge in [-0.25, -0.2) is 0 Å². The van der Waals surface area contributed by atoms with Crippen LogP contribution in [0.4, 0.5) is 5.00 Å². The first-order chi connectivity index (χ1) is 12.8. The van der Waals surface area contributed by atoms with Gasteiger partial charge in [0.1, 0.15) is 5.76 Å². The molecule has 5 nitrogen and oxygen atoms in total. The number of rotatable bonds is 8. The second-order valence-corrected chi connectivity index (χ2v) is 8.25. The van der Waals surface area contributed by atoms with Gasteiger partial charge in [0.15, 0.2) is 5.96 Å². The molecule has 2 N–H and O–H groups in total. The van der Waals surface area contributed by atoms with E-state index in [2.05, 4.69) is 39.3 Å². The van der Waals surface area contributed by atoms with Crippen molar-refractivity contribution < 1.29 is 4.42 Å². The predicted molar refractivity (Wildman–Crippen MR) is 129 cm³/mol. The first kappa shape index (κ1) is 22.4. The molecule has 0 atom stereocenters. The summed E-state index contributed by atoms with van der Waals surface area (Å²) in [7, 11) is 0. The fourth-order valence-electron chi connectivity index (χ4n) is 3.05. The number of piperidine rings is 1. The molecular formula is C19H29IN4OS2. The third-order valence-electron chi connectivity index (χ3n) is 4.46. The number of thioether (sulfide) groups is 1. The number of anilines is 1. The zero-order valence-corrected chi connectivity index (χ0v) is 19.7. The van der Waals surface area contributed by atoms with Crippen LogP contribution in [0.25, 0.3) is 0 Å². The van der Waals surface area contributed by atoms with E-state index in [-0.39, 0.29) is 24.0 Å². The Balaban J connectivity index is 0.00000261. The van der Waals surface area contributed by atoms with Gasteiger partial charge in [-0.1, -0.05) is 0 Å². The molecule has 1 aliphatic heterocycles. The highest BCUT2D eigenvalue weighted by molar-refractivity contribution is 14.0. The Morgan fingerprint density at radius 2 is 2.19 bits per heavy atom. The molecule has 0 saturated carbocycles. The minimum absolute atomic E-state index is 0. The summed E-state index contributed by atoms with van der Waals surface area (Å²) in [5.41, 5.74) is 0. The molecule has 3 rings (SSSR count). The van der Waals surface area contributed by atoms with Gasteiger partial charge in [-0.2, -0.15) is 11.8 Å². The number of hydrogen-bond donors (Lipinski definition) is 2. The van der Waals surface area contributed by atoms with Crippen molar-refractivity contribution in [2.45, 2.75) is 25.3 Å². The van der Waals surface area contributed by atoms with Crippen molar-refractivity contribution in [1.82, 2.24) is 10.6 Å². The highest BCUT2D eigenvalue weighted by atomic mass is 127. The first-order valence-corrected chi connectivity index (χ1v) is 11.5. The molecule has 0 aromatic carbocycles. The van der Waals surface area contributed by atoms with Gasteiger partial charge in [-0.3, -0.25) is 4.99 Å². The third kappa shape index (κ3) is 7.57. The molecule has 0 radical (unpaired) electrons. The maximum atomic E-state index is 5.40. The standard InChI is InChI=1S/C19H28N4OS2.HI/c1-25-15-10-21-19(20-9-6-17-4-2-13-24-17)22-16-7-11-23(12-8-16)18-5-3-14-26-18;/h2-5,13-14,16H,6-12,15H2,1H3,(H2,20,21,22);1H. The maximum Gasteiger partial charge on any atom is 0.191 e. The first-order valence-electron chi connectivity index (χ1n) is 9.20. The van der Waals surface area contributed by atoms with E-state index in [0.29, 0.717) is 6.04 Å². The predicted octanol–water partition coefficient (Wildman–Crippen LogP) is 4.07. The van der Waals surface area contributed by atoms with Gasteiger partial charge in [-0.15, -0.1) is 35.3 Å². The van der Waals surface area contributed by atoms with E-state index in [1.165, 1.54) is 5.00 Å². The lowest BCUT2D eigenvalue weighted by atomic mass is 10.1. The van der Waals surface area contributed by atoms with Crippen LogP contribution in [-0.2, 0) is 6.42 Å². The van der Waals surface area contributed by atoms with Crippen LogP contribution in [0.2, 0.25) is 0 Å². The Kier molecular flexibility index (Phi) is 10.4. The van der Waals surface area contributed by atoms with Crippen LogP contribution in [0.1, 0.15) is 18.6 Å². The lowest BCUT2D eigenvalue weighted by Gasteiger charge is -2.33. The molecule has 27 heavy (non-hydrogen) atoms. The summed E-state index contributed by atoms with van der Waals surface area (Å²) < 4.78 is 5.40. The van der Waals surface area contributed by atoms with Crippen molar-refractivity contribution in [1.29, 1.82) is 0 Å². The molecule has 3 heterocycles. The van der Waals surface area contributed by atoms with Crippen LogP contribution in [0, 0.1) is 0 Å². The highest BCUT2D eigenvalue weighted by Gasteiger charge is 2.20. The van der Waals surface area contributed by atoms with E-state index in [1.807, 2.05) is 35.2 Å². The summed E-state index contributed by atoms with van der Waals surface area (Å²) >= 11 is 3.65. The number of furan rings is 1. The molecule has 0 aliphatic carbocycles. The van der Waals surface area contributed by atoms with Gasteiger partial charge in [-0.05, 0) is 48.7 Å². The topological polar surface area (TPSA) is 52.8 Å². The summed E-state index contributed by atoms with van der Waals surface area (Å²) in [5.74, 6) is 2.98. The number of thiophene rings is 1. The van der Waals surface area contributed by atoms with E-state index >= 15 is 0 Å². The van der Waals surface area contributed by atoms with Crippen molar-refractivity contribution in [3.63, 3.8) is 0 Å². The Morgan fingerprint density at radius 3 is 2.85 bits per heavy atom. The average molecular weight is 521 g/mol. The van der Waals surface area contributed by atoms with E-state index in [1.54, 1.807) is 6.26 Å². The monoisotopic (exact) mass is 520 g/mol. The summed E-state index contributed by atoms with van der Waals surface area (Å²) in [5, 5.41) is 10.6. The largest absolute Gasteiger partial charge is 0.469 e. The van der Waals surface area contributed by atoms with Crippen LogP contribution in [0.3, 0.4) is 0 Å². The minimum Gasteiger partial charge on any atom is -0.469 e. The molecular weight excluding hydrogens is 491 g/mol. The second kappa shape index (κ2) is 12.6. The lowest BCUT2D eigenvalue weighted by molar-refractivity contribution is 0.461. The smallest absolute Gasteiger partial charge is 0.191 e. The van der Waals surface area contributed by atoms with Gasteiger partial charge in [0.25, 0.3) is 0 Å². The van der Waals surface area contributed by atoms with Crippen molar-refractivity contribution in [3.05, 3.63) is 41.7 Å². The van der Waals surface area contributed by atoms with E-state index in [9.17, 15) is 0 Å². The molecule has 0 unspecified atom stereocenters. The average Bonchev–Trinajstić information content (AvgIpc) is 3.36. The van der Waals surface area contributed by atoms with Crippen molar-refractivity contribution in [2.75, 3.05) is 43.1 Å². The summed E-state index contributed by atoms with van der Waals surface area (Å²) in [6, 6.07) is 8.77. The maximum absolute atomic E-state index is 5.40. The molecule has 0 bridgehead atoms. The number of hydrogen-bond acceptors (Lipinski definition) is 5. The number of aliphatic imine (C=N–C) groups is 1. The quantitative estimate of drug-likeness (QED) is 0.238. The Bertz CT molecular complexity index is 641. The Labute approximate surface area is 187 Å². The van der Waals surface area contributed by atoms with Gasteiger partial charge in [0, 0.05) is 37.8 Å². The zero-order chi connectivity index (χ0) is 18.0. The highest BCUT2D eigenvalue weighted by Crippen LogP contribution is 2.24. The zero-order valence-electron chi connectivity index (χ0n) is 15.7. The van der Waals surface area contributed by atoms with Crippen molar-refractivity contribution in [3.8, 4) is 0 Å². The van der Waals surface area contributed by atoms with Gasteiger partial charge in [0.05, 0.1) is 17.8 Å². The number of nitrogens with one attached hydrogen (secondary N) is 2. The lowest BCUT2D eigenvalue weighted by Crippen LogP contribution is -2.49. The van der Waals surface area contributed by atoms with Gasteiger partial charge in [0.2, 0.25) is 0 Å². The summed E-state index contributed by atoms with van der Waals surface area (Å²) in [4.78, 5) is 7.21. The van der Waals surface area contributed by atoms with Crippen LogP contribution >= 0.6 is 47.1 Å². The van der Waals surface area contributed by atoms with E-state index < -0.39 is 0 Å². The molecule has 0 amide bonds. The third-order valence-corrected chi connectivity index (χ3v) is 5.98. The van der Waals surface area contributed by atoms with Crippen LogP contribution in [-0.4, -0.2) is 50.2 Å². The van der Waals surface area contributed by atoms with Crippen molar-refractivity contribution >= 4 is 58.0 Å². The summed E-state index contributed by atoms with van der Waals surface area (Å²) in [6.45, 7) is 3.86. The number of halogens is 1. The minimum atomic E-state index is 0.